The molecule has 0 spiro atoms. The molecule has 0 aliphatic heterocycles. The number of nitro benzene ring substituents is 1. The molecule has 0 saturated carbocycles. The lowest BCUT2D eigenvalue weighted by Gasteiger charge is -2.14. The fraction of sp³-hybridized carbons (Fsp3) is 0.286. The van der Waals surface area contributed by atoms with Crippen molar-refractivity contribution in [2.24, 2.45) is 0 Å². The van der Waals surface area contributed by atoms with Crippen molar-refractivity contribution in [3.8, 4) is 0 Å². The Labute approximate surface area is 111 Å². The van der Waals surface area contributed by atoms with Crippen LogP contribution in [0.3, 0.4) is 0 Å². The van der Waals surface area contributed by atoms with E-state index in [0.717, 1.165) is 23.4 Å². The van der Waals surface area contributed by atoms with Crippen LogP contribution in [0.5, 0.6) is 0 Å². The highest BCUT2D eigenvalue weighted by Crippen LogP contribution is 2.21. The smallest absolute Gasteiger partial charge is 0.271 e. The number of furan rings is 1. The summed E-state index contributed by atoms with van der Waals surface area (Å²) in [4.78, 5) is 10.4. The maximum absolute atomic E-state index is 10.8. The topological polar surface area (TPSA) is 68.3 Å². The van der Waals surface area contributed by atoms with Crippen LogP contribution in [-0.2, 0) is 6.42 Å². The van der Waals surface area contributed by atoms with Crippen LogP contribution in [-0.4, -0.2) is 11.0 Å². The quantitative estimate of drug-likeness (QED) is 0.659. The Balaban J connectivity index is 2.08. The first-order chi connectivity index (χ1) is 9.04. The summed E-state index contributed by atoms with van der Waals surface area (Å²) in [6, 6.07) is 8.89. The zero-order chi connectivity index (χ0) is 13.8. The Morgan fingerprint density at radius 1 is 1.42 bits per heavy atom. The number of rotatable bonds is 5. The van der Waals surface area contributed by atoms with Crippen LogP contribution in [0, 0.1) is 17.0 Å². The van der Waals surface area contributed by atoms with E-state index in [4.69, 9.17) is 4.42 Å². The van der Waals surface area contributed by atoms with Crippen LogP contribution >= 0.6 is 0 Å². The standard InChI is InChI=1S/C14H16N2O3/c1-10-6-12(9-13(7-10)16(17)18)15-11(2)8-14-4-3-5-19-14/h3-7,9,11,15H,8H2,1-2H3. The zero-order valence-corrected chi connectivity index (χ0v) is 10.9. The molecule has 5 heteroatoms. The lowest BCUT2D eigenvalue weighted by molar-refractivity contribution is -0.384. The van der Waals surface area contributed by atoms with Gasteiger partial charge in [0.15, 0.2) is 0 Å². The molecule has 100 valence electrons. The Kier molecular flexibility index (Phi) is 3.85. The predicted molar refractivity (Wildman–Crippen MR) is 73.3 cm³/mol. The molecule has 0 bridgehead atoms. The van der Waals surface area contributed by atoms with Crippen molar-refractivity contribution in [2.45, 2.75) is 26.3 Å². The highest BCUT2D eigenvalue weighted by Gasteiger charge is 2.10. The molecule has 1 aromatic carbocycles. The van der Waals surface area contributed by atoms with E-state index >= 15 is 0 Å². The molecule has 0 aliphatic rings. The van der Waals surface area contributed by atoms with Crippen LogP contribution in [0.25, 0.3) is 0 Å². The van der Waals surface area contributed by atoms with Gasteiger partial charge in [0, 0.05) is 30.3 Å². The largest absolute Gasteiger partial charge is 0.469 e. The minimum Gasteiger partial charge on any atom is -0.469 e. The second-order valence-electron chi connectivity index (χ2n) is 4.64. The van der Waals surface area contributed by atoms with E-state index in [-0.39, 0.29) is 16.7 Å². The van der Waals surface area contributed by atoms with Gasteiger partial charge in [-0.2, -0.15) is 0 Å². The third-order valence-corrected chi connectivity index (χ3v) is 2.77. The van der Waals surface area contributed by atoms with Gasteiger partial charge in [-0.1, -0.05) is 0 Å². The molecule has 0 aliphatic carbocycles. The fourth-order valence-electron chi connectivity index (χ4n) is 2.02. The molecular formula is C14H16N2O3. The van der Waals surface area contributed by atoms with Gasteiger partial charge in [-0.15, -0.1) is 0 Å². The third-order valence-electron chi connectivity index (χ3n) is 2.77. The number of hydrogen-bond acceptors (Lipinski definition) is 4. The normalized spacial score (nSPS) is 12.1. The molecule has 1 N–H and O–H groups in total. The minimum absolute atomic E-state index is 0.104. The lowest BCUT2D eigenvalue weighted by Crippen LogP contribution is -2.17. The molecular weight excluding hydrogens is 244 g/mol. The van der Waals surface area contributed by atoms with E-state index in [2.05, 4.69) is 5.32 Å². The SMILES string of the molecule is Cc1cc(NC(C)Cc2ccco2)cc([N+](=O)[O-])c1. The van der Waals surface area contributed by atoms with Gasteiger partial charge in [0.25, 0.3) is 5.69 Å². The number of non-ortho nitro benzene ring substituents is 1. The van der Waals surface area contributed by atoms with Crippen LogP contribution in [0.1, 0.15) is 18.2 Å². The van der Waals surface area contributed by atoms with E-state index in [0.29, 0.717) is 0 Å². The maximum atomic E-state index is 10.8. The number of aryl methyl sites for hydroxylation is 1. The molecule has 2 aromatic rings. The van der Waals surface area contributed by atoms with E-state index in [9.17, 15) is 10.1 Å². The lowest BCUT2D eigenvalue weighted by atomic mass is 10.1. The number of nitrogens with one attached hydrogen (secondary N) is 1. The highest BCUT2D eigenvalue weighted by atomic mass is 16.6. The molecule has 1 atom stereocenters. The van der Waals surface area contributed by atoms with Gasteiger partial charge < -0.3 is 9.73 Å². The summed E-state index contributed by atoms with van der Waals surface area (Å²) in [5.74, 6) is 0.891. The number of nitrogens with zero attached hydrogens (tertiary/aromatic N) is 1. The second-order valence-corrected chi connectivity index (χ2v) is 4.64. The maximum Gasteiger partial charge on any atom is 0.271 e. The molecule has 2 rings (SSSR count). The molecule has 0 fully saturated rings. The molecule has 1 unspecified atom stereocenters. The van der Waals surface area contributed by atoms with Crippen molar-refractivity contribution < 1.29 is 9.34 Å². The molecule has 0 radical (unpaired) electrons. The summed E-state index contributed by atoms with van der Waals surface area (Å²) in [6.45, 7) is 3.85. The number of nitro groups is 1. The molecule has 1 aromatic heterocycles. The van der Waals surface area contributed by atoms with E-state index < -0.39 is 0 Å². The molecule has 19 heavy (non-hydrogen) atoms. The Morgan fingerprint density at radius 3 is 2.84 bits per heavy atom. The summed E-state index contributed by atoms with van der Waals surface area (Å²) < 4.78 is 5.28. The van der Waals surface area contributed by atoms with E-state index in [1.807, 2.05) is 32.0 Å². The first-order valence-electron chi connectivity index (χ1n) is 6.09. The summed E-state index contributed by atoms with van der Waals surface area (Å²) in [5, 5.41) is 14.1. The summed E-state index contributed by atoms with van der Waals surface area (Å²) >= 11 is 0. The van der Waals surface area contributed by atoms with E-state index in [1.54, 1.807) is 18.4 Å². The zero-order valence-electron chi connectivity index (χ0n) is 10.9. The number of benzene rings is 1. The van der Waals surface area contributed by atoms with E-state index in [1.165, 1.54) is 0 Å². The second kappa shape index (κ2) is 5.56. The fourth-order valence-corrected chi connectivity index (χ4v) is 2.02. The molecule has 5 nitrogen and oxygen atoms in total. The van der Waals surface area contributed by atoms with Crippen LogP contribution < -0.4 is 5.32 Å². The Hall–Kier alpha value is -2.30. The van der Waals surface area contributed by atoms with Crippen LogP contribution in [0.15, 0.2) is 41.0 Å². The van der Waals surface area contributed by atoms with Crippen LogP contribution in [0.4, 0.5) is 11.4 Å². The average Bonchev–Trinajstić information content (AvgIpc) is 2.80. The van der Waals surface area contributed by atoms with Gasteiger partial charge in [0.1, 0.15) is 5.76 Å². The number of hydrogen-bond donors (Lipinski definition) is 1. The Bertz CT molecular complexity index is 564. The van der Waals surface area contributed by atoms with Crippen molar-refractivity contribution in [3.05, 3.63) is 58.0 Å². The van der Waals surface area contributed by atoms with Crippen molar-refractivity contribution >= 4 is 11.4 Å². The van der Waals surface area contributed by atoms with Crippen LogP contribution in [0.2, 0.25) is 0 Å². The average molecular weight is 260 g/mol. The third kappa shape index (κ3) is 3.58. The summed E-state index contributed by atoms with van der Waals surface area (Å²) in [5.41, 5.74) is 1.72. The molecule has 0 saturated heterocycles. The number of anilines is 1. The van der Waals surface area contributed by atoms with Crippen molar-refractivity contribution in [2.75, 3.05) is 5.32 Å². The minimum atomic E-state index is -0.380. The van der Waals surface area contributed by atoms with Gasteiger partial charge in [-0.3, -0.25) is 10.1 Å². The first-order valence-corrected chi connectivity index (χ1v) is 6.09. The highest BCUT2D eigenvalue weighted by molar-refractivity contribution is 5.54. The first kappa shape index (κ1) is 13.1. The van der Waals surface area contributed by atoms with Crippen molar-refractivity contribution in [1.29, 1.82) is 0 Å². The van der Waals surface area contributed by atoms with Crippen molar-refractivity contribution in [1.82, 2.24) is 0 Å². The van der Waals surface area contributed by atoms with Gasteiger partial charge >= 0.3 is 0 Å². The van der Waals surface area contributed by atoms with Crippen molar-refractivity contribution in [3.63, 3.8) is 0 Å². The monoisotopic (exact) mass is 260 g/mol. The summed E-state index contributed by atoms with van der Waals surface area (Å²) in [7, 11) is 0. The Morgan fingerprint density at radius 2 is 2.21 bits per heavy atom. The van der Waals surface area contributed by atoms with Gasteiger partial charge in [-0.05, 0) is 37.6 Å². The van der Waals surface area contributed by atoms with Gasteiger partial charge in [0.05, 0.1) is 11.2 Å². The molecule has 1 heterocycles. The predicted octanol–water partition coefficient (Wildman–Crippen LogP) is 3.54. The van der Waals surface area contributed by atoms with Gasteiger partial charge in [0.2, 0.25) is 0 Å². The van der Waals surface area contributed by atoms with Gasteiger partial charge in [-0.25, -0.2) is 0 Å². The molecule has 0 amide bonds. The summed E-state index contributed by atoms with van der Waals surface area (Å²) in [6.07, 6.45) is 2.37.